The maximum absolute atomic E-state index is 4.27. The van der Waals surface area contributed by atoms with Crippen LogP contribution in [0, 0.1) is 16.7 Å². The van der Waals surface area contributed by atoms with E-state index in [0.717, 1.165) is 17.6 Å². The fourth-order valence-corrected chi connectivity index (χ4v) is 3.25. The van der Waals surface area contributed by atoms with Crippen molar-refractivity contribution >= 4 is 0 Å². The van der Waals surface area contributed by atoms with Crippen molar-refractivity contribution < 1.29 is 0 Å². The Balaban J connectivity index is 3.34. The first-order chi connectivity index (χ1) is 8.57. The Bertz CT molecular complexity index is 447. The van der Waals surface area contributed by atoms with E-state index < -0.39 is 0 Å². The Hall–Kier alpha value is -1.04. The minimum atomic E-state index is 0.0432. The predicted octanol–water partition coefficient (Wildman–Crippen LogP) is 6.08. The first-order valence-corrected chi connectivity index (χ1v) is 7.35. The lowest BCUT2D eigenvalue weighted by Gasteiger charge is -2.30. The van der Waals surface area contributed by atoms with Gasteiger partial charge in [0.15, 0.2) is 0 Å². The van der Waals surface area contributed by atoms with Gasteiger partial charge in [-0.1, -0.05) is 66.9 Å². The fraction of sp³-hybridized carbons (Fsp3) is 0.579. The topological polar surface area (TPSA) is 0 Å². The third-order valence-electron chi connectivity index (χ3n) is 4.57. The molecule has 0 heteroatoms. The van der Waals surface area contributed by atoms with Crippen molar-refractivity contribution in [3.8, 4) is 0 Å². The van der Waals surface area contributed by atoms with Crippen LogP contribution in [0.4, 0.5) is 0 Å². The average Bonchev–Trinajstić information content (AvgIpc) is 2.42. The Labute approximate surface area is 120 Å². The van der Waals surface area contributed by atoms with E-state index in [1.165, 1.54) is 11.1 Å². The molecule has 1 atom stereocenters. The smallest absolute Gasteiger partial charge is 0.0152 e. The molecule has 1 unspecified atom stereocenters. The number of hydrogen-bond acceptors (Lipinski definition) is 0. The molecular weight excluding hydrogens is 228 g/mol. The van der Waals surface area contributed by atoms with Crippen LogP contribution >= 0.6 is 0 Å². The summed E-state index contributed by atoms with van der Waals surface area (Å²) in [6, 6.07) is 0. The highest BCUT2D eigenvalue weighted by molar-refractivity contribution is 5.67. The summed E-state index contributed by atoms with van der Waals surface area (Å²) in [7, 11) is 0. The van der Waals surface area contributed by atoms with Gasteiger partial charge in [-0.25, -0.2) is 0 Å². The molecule has 1 rings (SSSR count). The maximum Gasteiger partial charge on any atom is 0.0152 e. The Morgan fingerprint density at radius 1 is 1.11 bits per heavy atom. The molecule has 0 aromatic heterocycles. The molecule has 0 nitrogen and oxygen atoms in total. The molecule has 0 heterocycles. The summed E-state index contributed by atoms with van der Waals surface area (Å²) in [5.74, 6) is 0.572. The molecule has 0 saturated heterocycles. The van der Waals surface area contributed by atoms with Crippen LogP contribution in [0.25, 0.3) is 0 Å². The molecular formula is C19H30. The van der Waals surface area contributed by atoms with Gasteiger partial charge in [-0.2, -0.15) is 0 Å². The molecule has 19 heavy (non-hydrogen) atoms. The largest absolute Gasteiger partial charge is 0.0909 e. The lowest BCUT2D eigenvalue weighted by Crippen LogP contribution is -2.20. The molecule has 106 valence electrons. The summed E-state index contributed by atoms with van der Waals surface area (Å²) >= 11 is 0. The number of hydrogen-bond donors (Lipinski definition) is 0. The van der Waals surface area contributed by atoms with Gasteiger partial charge in [-0.05, 0) is 47.0 Å². The minimum absolute atomic E-state index is 0.0432. The molecule has 1 saturated carbocycles. The first-order valence-electron chi connectivity index (χ1n) is 7.35. The molecule has 0 spiro atoms. The van der Waals surface area contributed by atoms with E-state index in [-0.39, 0.29) is 10.8 Å². The van der Waals surface area contributed by atoms with E-state index in [1.807, 2.05) is 0 Å². The molecule has 1 aliphatic rings. The summed E-state index contributed by atoms with van der Waals surface area (Å²) in [6.07, 6.45) is 5.80. The van der Waals surface area contributed by atoms with Crippen LogP contribution < -0.4 is 0 Å². The lowest BCUT2D eigenvalue weighted by molar-refractivity contribution is 0.283. The predicted molar refractivity (Wildman–Crippen MR) is 87.1 cm³/mol. The van der Waals surface area contributed by atoms with E-state index >= 15 is 0 Å². The van der Waals surface area contributed by atoms with Gasteiger partial charge in [0, 0.05) is 5.41 Å². The van der Waals surface area contributed by atoms with Gasteiger partial charge in [0.05, 0.1) is 0 Å². The number of allylic oxidation sites excluding steroid dienone is 6. The molecule has 0 radical (unpaired) electrons. The first kappa shape index (κ1) is 16.0. The highest BCUT2D eigenvalue weighted by atomic mass is 14.4. The molecule has 0 aromatic carbocycles. The zero-order valence-corrected chi connectivity index (χ0v) is 13.9. The van der Waals surface area contributed by atoms with Gasteiger partial charge >= 0.3 is 0 Å². The third kappa shape index (κ3) is 2.78. The Morgan fingerprint density at radius 3 is 1.89 bits per heavy atom. The van der Waals surface area contributed by atoms with Crippen molar-refractivity contribution in [3.63, 3.8) is 0 Å². The van der Waals surface area contributed by atoms with Crippen LogP contribution in [-0.2, 0) is 0 Å². The lowest BCUT2D eigenvalue weighted by atomic mass is 9.74. The van der Waals surface area contributed by atoms with Gasteiger partial charge in [-0.15, -0.1) is 0 Å². The normalized spacial score (nSPS) is 25.4. The van der Waals surface area contributed by atoms with Gasteiger partial charge in [0.2, 0.25) is 0 Å². The van der Waals surface area contributed by atoms with Crippen molar-refractivity contribution in [3.05, 3.63) is 47.6 Å². The zero-order chi connectivity index (χ0) is 15.0. The summed E-state index contributed by atoms with van der Waals surface area (Å²) in [4.78, 5) is 0. The van der Waals surface area contributed by atoms with Gasteiger partial charge in [0.1, 0.15) is 0 Å². The van der Waals surface area contributed by atoms with E-state index in [1.54, 1.807) is 0 Å². The van der Waals surface area contributed by atoms with Crippen LogP contribution in [0.3, 0.4) is 0 Å². The van der Waals surface area contributed by atoms with Crippen molar-refractivity contribution in [2.75, 3.05) is 0 Å². The van der Waals surface area contributed by atoms with E-state index in [0.29, 0.717) is 5.92 Å². The van der Waals surface area contributed by atoms with Crippen LogP contribution in [0.1, 0.15) is 54.9 Å². The second-order valence-electron chi connectivity index (χ2n) is 7.25. The Kier molecular flexibility index (Phi) is 4.34. The summed E-state index contributed by atoms with van der Waals surface area (Å²) in [6.45, 7) is 24.4. The van der Waals surface area contributed by atoms with Crippen molar-refractivity contribution in [1.29, 1.82) is 0 Å². The molecule has 0 aromatic rings. The molecule has 1 aliphatic carbocycles. The number of rotatable bonds is 2. The van der Waals surface area contributed by atoms with E-state index in [4.69, 9.17) is 0 Å². The standard InChI is InChI=1S/C19H30/c1-10-15(18(5,6)7)12-17-14(4)13(3)16(11-2)19(17,8)9/h11-12,15H,3-4,10H2,1-2,5-9H3/b16-11+,17-12+. The quantitative estimate of drug-likeness (QED) is 0.562. The SMILES string of the molecule is C=C1C(=C)/C(=C\C(CC)C(C)(C)C)C(C)(C)/C1=C/C. The van der Waals surface area contributed by atoms with Gasteiger partial charge in [0.25, 0.3) is 0 Å². The highest BCUT2D eigenvalue weighted by Gasteiger charge is 2.39. The molecule has 0 N–H and O–H groups in total. The van der Waals surface area contributed by atoms with E-state index in [2.05, 4.69) is 73.8 Å². The Morgan fingerprint density at radius 2 is 1.58 bits per heavy atom. The summed E-state index contributed by atoms with van der Waals surface area (Å²) in [5, 5.41) is 0. The monoisotopic (exact) mass is 258 g/mol. The van der Waals surface area contributed by atoms with Crippen LogP contribution in [0.5, 0.6) is 0 Å². The van der Waals surface area contributed by atoms with Crippen LogP contribution in [0.15, 0.2) is 47.6 Å². The van der Waals surface area contributed by atoms with Crippen LogP contribution in [0.2, 0.25) is 0 Å². The molecule has 0 amide bonds. The fourth-order valence-electron chi connectivity index (χ4n) is 3.25. The maximum atomic E-state index is 4.27. The zero-order valence-electron chi connectivity index (χ0n) is 13.9. The second-order valence-corrected chi connectivity index (χ2v) is 7.25. The summed E-state index contributed by atoms with van der Waals surface area (Å²) in [5.41, 5.74) is 5.27. The van der Waals surface area contributed by atoms with Gasteiger partial charge < -0.3 is 0 Å². The molecule has 1 fully saturated rings. The minimum Gasteiger partial charge on any atom is -0.0909 e. The average molecular weight is 258 g/mol. The third-order valence-corrected chi connectivity index (χ3v) is 4.57. The second kappa shape index (κ2) is 5.15. The van der Waals surface area contributed by atoms with Gasteiger partial charge in [-0.3, -0.25) is 0 Å². The van der Waals surface area contributed by atoms with E-state index in [9.17, 15) is 0 Å². The highest BCUT2D eigenvalue weighted by Crippen LogP contribution is 2.52. The van der Waals surface area contributed by atoms with Crippen molar-refractivity contribution in [2.45, 2.75) is 54.9 Å². The van der Waals surface area contributed by atoms with Crippen molar-refractivity contribution in [1.82, 2.24) is 0 Å². The van der Waals surface area contributed by atoms with Crippen LogP contribution in [-0.4, -0.2) is 0 Å². The molecule has 0 bridgehead atoms. The van der Waals surface area contributed by atoms with Crippen molar-refractivity contribution in [2.24, 2.45) is 16.7 Å². The summed E-state index contributed by atoms with van der Waals surface area (Å²) < 4.78 is 0. The molecule has 0 aliphatic heterocycles.